The average molecular weight is 462 g/mol. The number of aliphatic imine (C=N–C) groups is 1. The highest BCUT2D eigenvalue weighted by molar-refractivity contribution is 5.84. The summed E-state index contributed by atoms with van der Waals surface area (Å²) < 4.78 is 73.2. The fraction of sp³-hybridized carbons (Fsp3) is 0.286. The van der Waals surface area contributed by atoms with Crippen LogP contribution in [0.1, 0.15) is 30.2 Å². The van der Waals surface area contributed by atoms with Gasteiger partial charge in [0.25, 0.3) is 6.02 Å². The first-order chi connectivity index (χ1) is 15.5. The van der Waals surface area contributed by atoms with Gasteiger partial charge in [0, 0.05) is 36.2 Å². The summed E-state index contributed by atoms with van der Waals surface area (Å²) in [5, 5.41) is 0.0885. The van der Waals surface area contributed by atoms with Crippen molar-refractivity contribution in [1.29, 1.82) is 0 Å². The third kappa shape index (κ3) is 4.26. The largest absolute Gasteiger partial charge is 0.452 e. The van der Waals surface area contributed by atoms with E-state index in [0.717, 1.165) is 6.20 Å². The van der Waals surface area contributed by atoms with Gasteiger partial charge in [-0.3, -0.25) is 9.97 Å². The second-order valence-corrected chi connectivity index (χ2v) is 7.69. The second kappa shape index (κ2) is 7.91. The van der Waals surface area contributed by atoms with E-state index in [1.807, 2.05) is 0 Å². The first-order valence-corrected chi connectivity index (χ1v) is 9.54. The molecule has 33 heavy (non-hydrogen) atoms. The Labute approximate surface area is 184 Å². The summed E-state index contributed by atoms with van der Waals surface area (Å²) in [6, 6.07) is 1.95. The molecule has 4 rings (SSSR count). The van der Waals surface area contributed by atoms with Crippen LogP contribution in [0.4, 0.5) is 27.6 Å². The van der Waals surface area contributed by atoms with Gasteiger partial charge < -0.3 is 10.5 Å². The van der Waals surface area contributed by atoms with E-state index in [4.69, 9.17) is 12.3 Å². The Morgan fingerprint density at radius 2 is 1.94 bits per heavy atom. The predicted octanol–water partition coefficient (Wildman–Crippen LogP) is 4.33. The average Bonchev–Trinajstić information content (AvgIpc) is 2.75. The second-order valence-electron chi connectivity index (χ2n) is 7.69. The molecule has 170 valence electrons. The van der Waals surface area contributed by atoms with Gasteiger partial charge in [-0.1, -0.05) is 0 Å². The molecule has 1 aliphatic heterocycles. The van der Waals surface area contributed by atoms with Gasteiger partial charge in [0.05, 0.1) is 29.5 Å². The highest BCUT2D eigenvalue weighted by Crippen LogP contribution is 2.40. The zero-order valence-corrected chi connectivity index (χ0v) is 17.0. The van der Waals surface area contributed by atoms with Crippen molar-refractivity contribution in [1.82, 2.24) is 15.0 Å². The summed E-state index contributed by atoms with van der Waals surface area (Å²) in [7, 11) is 0. The molecule has 0 saturated heterocycles. The van der Waals surface area contributed by atoms with Gasteiger partial charge in [0.2, 0.25) is 11.6 Å². The Bertz CT molecular complexity index is 1320. The Kier molecular flexibility index (Phi) is 5.35. The predicted molar refractivity (Wildman–Crippen MR) is 107 cm³/mol. The maximum Gasteiger partial charge on any atom is 0.425 e. The molecule has 0 unspecified atom stereocenters. The lowest BCUT2D eigenvalue weighted by atomic mass is 9.85. The van der Waals surface area contributed by atoms with Crippen LogP contribution in [0.5, 0.6) is 0 Å². The summed E-state index contributed by atoms with van der Waals surface area (Å²) >= 11 is 0. The molecule has 0 aromatic carbocycles. The minimum absolute atomic E-state index is 0.0237. The molecule has 2 atom stereocenters. The third-order valence-electron chi connectivity index (χ3n) is 5.28. The fourth-order valence-corrected chi connectivity index (χ4v) is 3.70. The number of nitrogens with zero attached hydrogens (tertiary/aromatic N) is 5. The van der Waals surface area contributed by atoms with Crippen molar-refractivity contribution in [2.75, 3.05) is 0 Å². The number of ether oxygens (including phenoxy) is 1. The molecule has 0 amide bonds. The summed E-state index contributed by atoms with van der Waals surface area (Å²) in [6.07, 6.45) is -4.22. The van der Waals surface area contributed by atoms with Crippen molar-refractivity contribution < 1.29 is 26.7 Å². The van der Waals surface area contributed by atoms with Gasteiger partial charge in [-0.05, 0) is 24.6 Å². The molecule has 0 bridgehead atoms. The van der Waals surface area contributed by atoms with Crippen LogP contribution in [0.2, 0.25) is 0 Å². The van der Waals surface area contributed by atoms with Gasteiger partial charge in [-0.15, -0.1) is 0 Å². The molecule has 0 spiro atoms. The topological polar surface area (TPSA) is 90.6 Å². The lowest BCUT2D eigenvalue weighted by Crippen LogP contribution is -2.46. The van der Waals surface area contributed by atoms with Gasteiger partial charge in [0.1, 0.15) is 5.82 Å². The van der Waals surface area contributed by atoms with Crippen molar-refractivity contribution in [2.45, 2.75) is 37.6 Å². The maximum atomic E-state index is 14.6. The van der Waals surface area contributed by atoms with Gasteiger partial charge >= 0.3 is 6.18 Å². The number of halogens is 5. The zero-order valence-electron chi connectivity index (χ0n) is 17.0. The zero-order chi connectivity index (χ0) is 24.0. The van der Waals surface area contributed by atoms with Crippen LogP contribution in [0.15, 0.2) is 35.7 Å². The van der Waals surface area contributed by atoms with Crippen LogP contribution in [0, 0.1) is 18.3 Å². The van der Waals surface area contributed by atoms with E-state index in [2.05, 4.69) is 29.5 Å². The molecule has 12 heteroatoms. The molecule has 0 saturated carbocycles. The Morgan fingerprint density at radius 1 is 1.18 bits per heavy atom. The van der Waals surface area contributed by atoms with E-state index < -0.39 is 42.0 Å². The van der Waals surface area contributed by atoms with E-state index in [1.165, 1.54) is 31.5 Å². The Balaban J connectivity index is 1.74. The SMILES string of the molecule is [C-]#[N+]c1cnc2c(Cc3cnc(F)c([C@]4(C)C[C@@H](C(F)(F)F)OC(N)=N4)c3)ncc(F)c2c1. The highest BCUT2D eigenvalue weighted by Gasteiger charge is 2.50. The number of fused-ring (bicyclic) bond motifs is 1. The molecule has 1 aliphatic rings. The Morgan fingerprint density at radius 3 is 2.64 bits per heavy atom. The fourth-order valence-electron chi connectivity index (χ4n) is 3.70. The van der Waals surface area contributed by atoms with Crippen LogP contribution in [0.3, 0.4) is 0 Å². The minimum Gasteiger partial charge on any atom is -0.452 e. The van der Waals surface area contributed by atoms with E-state index in [-0.39, 0.29) is 28.6 Å². The molecule has 4 heterocycles. The van der Waals surface area contributed by atoms with Crippen LogP contribution >= 0.6 is 0 Å². The van der Waals surface area contributed by atoms with E-state index in [0.29, 0.717) is 11.3 Å². The number of aromatic nitrogens is 3. The molecule has 0 aliphatic carbocycles. The van der Waals surface area contributed by atoms with Gasteiger partial charge in [0.15, 0.2) is 6.10 Å². The van der Waals surface area contributed by atoms with Crippen LogP contribution in [0.25, 0.3) is 15.7 Å². The van der Waals surface area contributed by atoms with E-state index >= 15 is 0 Å². The monoisotopic (exact) mass is 462 g/mol. The molecule has 2 N–H and O–H groups in total. The number of hydrogen-bond acceptors (Lipinski definition) is 6. The molecule has 3 aromatic rings. The number of alkyl halides is 3. The van der Waals surface area contributed by atoms with Crippen molar-refractivity contribution in [3.8, 4) is 0 Å². The lowest BCUT2D eigenvalue weighted by Gasteiger charge is -2.35. The van der Waals surface area contributed by atoms with Crippen molar-refractivity contribution in [2.24, 2.45) is 10.7 Å². The van der Waals surface area contributed by atoms with Gasteiger partial charge in [-0.2, -0.15) is 17.6 Å². The summed E-state index contributed by atoms with van der Waals surface area (Å²) in [5.74, 6) is -1.67. The van der Waals surface area contributed by atoms with Crippen molar-refractivity contribution in [3.63, 3.8) is 0 Å². The third-order valence-corrected chi connectivity index (χ3v) is 5.28. The van der Waals surface area contributed by atoms with Crippen LogP contribution < -0.4 is 5.73 Å². The van der Waals surface area contributed by atoms with Gasteiger partial charge in [-0.25, -0.2) is 19.2 Å². The van der Waals surface area contributed by atoms with Crippen LogP contribution in [-0.4, -0.2) is 33.3 Å². The molecule has 7 nitrogen and oxygen atoms in total. The number of hydrogen-bond donors (Lipinski definition) is 1. The maximum absolute atomic E-state index is 14.6. The van der Waals surface area contributed by atoms with Crippen molar-refractivity contribution in [3.05, 3.63) is 70.7 Å². The molecular weight excluding hydrogens is 447 g/mol. The quantitative estimate of drug-likeness (QED) is 0.356. The number of rotatable bonds is 3. The Hall–Kier alpha value is -3.88. The smallest absolute Gasteiger partial charge is 0.425 e. The summed E-state index contributed by atoms with van der Waals surface area (Å²) in [6.45, 7) is 8.36. The van der Waals surface area contributed by atoms with E-state index in [1.54, 1.807) is 0 Å². The summed E-state index contributed by atoms with van der Waals surface area (Å²) in [4.78, 5) is 19.0. The summed E-state index contributed by atoms with van der Waals surface area (Å²) in [5.41, 5.74) is 4.62. The highest BCUT2D eigenvalue weighted by atomic mass is 19.4. The number of pyridine rings is 3. The number of amidine groups is 1. The molecule has 0 radical (unpaired) electrons. The lowest BCUT2D eigenvalue weighted by molar-refractivity contribution is -0.208. The normalized spacial score (nSPS) is 20.8. The standard InChI is InChI=1S/C21H15F5N6O/c1-20(6-16(21(24,25)26)33-19(27)32-20)13-3-10(7-31-18(13)23)4-15-17-12(14(22)9-29-15)5-11(28-2)8-30-17/h3,5,7-9,16H,4,6H2,1H3,(H2,27,32)/t16-,20-/m0/s1. The molecule has 0 fully saturated rings. The molecular formula is C21H15F5N6O. The first kappa shape index (κ1) is 22.3. The first-order valence-electron chi connectivity index (χ1n) is 9.54. The number of nitrogens with two attached hydrogens (primary N) is 1. The van der Waals surface area contributed by atoms with Crippen molar-refractivity contribution >= 4 is 22.6 Å². The van der Waals surface area contributed by atoms with E-state index in [9.17, 15) is 22.0 Å². The molecule has 3 aromatic heterocycles. The van der Waals surface area contributed by atoms with Crippen LogP contribution in [-0.2, 0) is 16.7 Å². The minimum atomic E-state index is -4.73.